The van der Waals surface area contributed by atoms with E-state index in [-0.39, 0.29) is 17.9 Å². The Bertz CT molecular complexity index is 475. The van der Waals surface area contributed by atoms with Gasteiger partial charge in [0.15, 0.2) is 0 Å². The number of benzene rings is 1. The van der Waals surface area contributed by atoms with Crippen molar-refractivity contribution >= 4 is 5.91 Å². The van der Waals surface area contributed by atoms with E-state index in [9.17, 15) is 4.79 Å². The van der Waals surface area contributed by atoms with Crippen molar-refractivity contribution in [1.82, 2.24) is 5.32 Å². The average Bonchev–Trinajstić information content (AvgIpc) is 3.16. The lowest BCUT2D eigenvalue weighted by Crippen LogP contribution is -2.31. The molecule has 0 radical (unpaired) electrons. The standard InChI is InChI=1S/C17H25NO3/c1-13-9-14(2)11-15(10-13)21-8-3-16(20)18-12-17(4-5-17)6-7-19/h9-11,19H,3-8,12H2,1-2H3,(H,18,20). The van der Waals surface area contributed by atoms with Crippen LogP contribution >= 0.6 is 0 Å². The van der Waals surface area contributed by atoms with E-state index in [0.29, 0.717) is 19.6 Å². The number of aliphatic hydroxyl groups excluding tert-OH is 1. The lowest BCUT2D eigenvalue weighted by Gasteiger charge is -2.14. The van der Waals surface area contributed by atoms with Gasteiger partial charge in [-0.1, -0.05) is 6.07 Å². The molecule has 1 aliphatic carbocycles. The predicted molar refractivity (Wildman–Crippen MR) is 82.4 cm³/mol. The molecule has 2 rings (SSSR count). The lowest BCUT2D eigenvalue weighted by molar-refractivity contribution is -0.121. The molecule has 21 heavy (non-hydrogen) atoms. The maximum Gasteiger partial charge on any atom is 0.223 e. The second kappa shape index (κ2) is 6.94. The molecular formula is C17H25NO3. The first-order chi connectivity index (χ1) is 10.0. The second-order valence-corrected chi connectivity index (χ2v) is 6.17. The Morgan fingerprint density at radius 1 is 1.29 bits per heavy atom. The van der Waals surface area contributed by atoms with Gasteiger partial charge in [-0.25, -0.2) is 0 Å². The van der Waals surface area contributed by atoms with E-state index in [0.717, 1.165) is 36.1 Å². The molecule has 116 valence electrons. The Morgan fingerprint density at radius 2 is 1.95 bits per heavy atom. The molecule has 0 atom stereocenters. The highest BCUT2D eigenvalue weighted by atomic mass is 16.5. The Hall–Kier alpha value is -1.55. The Balaban J connectivity index is 1.67. The number of hydrogen-bond donors (Lipinski definition) is 2. The van der Waals surface area contributed by atoms with Crippen molar-refractivity contribution in [3.8, 4) is 5.75 Å². The number of carbonyl (C=O) groups excluding carboxylic acids is 1. The Labute approximate surface area is 126 Å². The van der Waals surface area contributed by atoms with Gasteiger partial charge in [0, 0.05) is 13.2 Å². The quantitative estimate of drug-likeness (QED) is 0.773. The third-order valence-corrected chi connectivity index (χ3v) is 4.05. The number of ether oxygens (including phenoxy) is 1. The normalized spacial score (nSPS) is 15.6. The van der Waals surface area contributed by atoms with Crippen LogP contribution in [0.5, 0.6) is 5.75 Å². The van der Waals surface area contributed by atoms with E-state index < -0.39 is 0 Å². The van der Waals surface area contributed by atoms with Crippen molar-refractivity contribution in [2.45, 2.75) is 39.5 Å². The first-order valence-corrected chi connectivity index (χ1v) is 7.62. The van der Waals surface area contributed by atoms with Crippen molar-refractivity contribution in [1.29, 1.82) is 0 Å². The fourth-order valence-corrected chi connectivity index (χ4v) is 2.58. The molecule has 4 heteroatoms. The van der Waals surface area contributed by atoms with Crippen molar-refractivity contribution in [3.05, 3.63) is 29.3 Å². The molecular weight excluding hydrogens is 266 g/mol. The number of rotatable bonds is 8. The van der Waals surface area contributed by atoms with Crippen LogP contribution in [0.4, 0.5) is 0 Å². The number of carbonyl (C=O) groups is 1. The van der Waals surface area contributed by atoms with Gasteiger partial charge < -0.3 is 15.2 Å². The minimum absolute atomic E-state index is 0.0172. The van der Waals surface area contributed by atoms with E-state index in [4.69, 9.17) is 9.84 Å². The second-order valence-electron chi connectivity index (χ2n) is 6.17. The van der Waals surface area contributed by atoms with E-state index in [1.54, 1.807) is 0 Å². The maximum absolute atomic E-state index is 11.8. The predicted octanol–water partition coefficient (Wildman–Crippen LogP) is 2.35. The van der Waals surface area contributed by atoms with Gasteiger partial charge in [-0.3, -0.25) is 4.79 Å². The lowest BCUT2D eigenvalue weighted by atomic mass is 10.0. The molecule has 4 nitrogen and oxygen atoms in total. The van der Waals surface area contributed by atoms with Gasteiger partial charge in [-0.2, -0.15) is 0 Å². The van der Waals surface area contributed by atoms with E-state index in [2.05, 4.69) is 11.4 Å². The van der Waals surface area contributed by atoms with Gasteiger partial charge in [0.1, 0.15) is 5.75 Å². The molecule has 1 amide bonds. The number of aliphatic hydroxyl groups is 1. The van der Waals surface area contributed by atoms with Crippen LogP contribution in [0.25, 0.3) is 0 Å². The van der Waals surface area contributed by atoms with Gasteiger partial charge in [-0.15, -0.1) is 0 Å². The Morgan fingerprint density at radius 3 is 2.52 bits per heavy atom. The van der Waals surface area contributed by atoms with Gasteiger partial charge in [-0.05, 0) is 61.8 Å². The monoisotopic (exact) mass is 291 g/mol. The van der Waals surface area contributed by atoms with Crippen molar-refractivity contribution in [3.63, 3.8) is 0 Å². The summed E-state index contributed by atoms with van der Waals surface area (Å²) in [7, 11) is 0. The van der Waals surface area contributed by atoms with E-state index >= 15 is 0 Å². The van der Waals surface area contributed by atoms with Crippen LogP contribution in [0.15, 0.2) is 18.2 Å². The van der Waals surface area contributed by atoms with Crippen molar-refractivity contribution < 1.29 is 14.6 Å². The van der Waals surface area contributed by atoms with E-state index in [1.807, 2.05) is 26.0 Å². The summed E-state index contributed by atoms with van der Waals surface area (Å²) in [5.74, 6) is 0.836. The van der Waals surface area contributed by atoms with Crippen LogP contribution in [0.3, 0.4) is 0 Å². The number of aryl methyl sites for hydroxylation is 2. The third-order valence-electron chi connectivity index (χ3n) is 4.05. The van der Waals surface area contributed by atoms with Crippen molar-refractivity contribution in [2.75, 3.05) is 19.8 Å². The van der Waals surface area contributed by atoms with Crippen LogP contribution in [-0.2, 0) is 4.79 Å². The molecule has 1 saturated carbocycles. The first kappa shape index (κ1) is 15.8. The number of nitrogens with one attached hydrogen (secondary N) is 1. The van der Waals surface area contributed by atoms with Crippen molar-refractivity contribution in [2.24, 2.45) is 5.41 Å². The molecule has 0 saturated heterocycles. The minimum atomic E-state index is 0.0172. The Kier molecular flexibility index (Phi) is 5.23. The van der Waals surface area contributed by atoms with Crippen LogP contribution < -0.4 is 10.1 Å². The van der Waals surface area contributed by atoms with E-state index in [1.165, 1.54) is 0 Å². The van der Waals surface area contributed by atoms with Gasteiger partial charge in [0.05, 0.1) is 13.0 Å². The molecule has 0 unspecified atom stereocenters. The summed E-state index contributed by atoms with van der Waals surface area (Å²) in [5, 5.41) is 11.9. The molecule has 1 aliphatic rings. The topological polar surface area (TPSA) is 58.6 Å². The molecule has 0 bridgehead atoms. The molecule has 0 heterocycles. The average molecular weight is 291 g/mol. The fourth-order valence-electron chi connectivity index (χ4n) is 2.58. The largest absolute Gasteiger partial charge is 0.493 e. The SMILES string of the molecule is Cc1cc(C)cc(OCCC(=O)NCC2(CCO)CC2)c1. The molecule has 1 aromatic rings. The summed E-state index contributed by atoms with van der Waals surface area (Å²) < 4.78 is 5.63. The number of hydrogen-bond acceptors (Lipinski definition) is 3. The van der Waals surface area contributed by atoms with Crippen LogP contribution in [-0.4, -0.2) is 30.8 Å². The summed E-state index contributed by atoms with van der Waals surface area (Å²) in [6.45, 7) is 5.33. The zero-order valence-electron chi connectivity index (χ0n) is 12.9. The smallest absolute Gasteiger partial charge is 0.223 e. The van der Waals surface area contributed by atoms with Gasteiger partial charge in [0.2, 0.25) is 5.91 Å². The molecule has 0 aliphatic heterocycles. The molecule has 1 aromatic carbocycles. The third kappa shape index (κ3) is 5.05. The highest BCUT2D eigenvalue weighted by Crippen LogP contribution is 2.47. The zero-order chi connectivity index (χ0) is 15.3. The van der Waals surface area contributed by atoms with Crippen LogP contribution in [0, 0.1) is 19.3 Å². The number of amides is 1. The molecule has 0 spiro atoms. The molecule has 2 N–H and O–H groups in total. The maximum atomic E-state index is 11.8. The summed E-state index contributed by atoms with van der Waals surface area (Å²) in [5.41, 5.74) is 2.49. The summed E-state index contributed by atoms with van der Waals surface area (Å²) in [4.78, 5) is 11.8. The highest BCUT2D eigenvalue weighted by Gasteiger charge is 2.41. The molecule has 1 fully saturated rings. The van der Waals surface area contributed by atoms with Crippen LogP contribution in [0.1, 0.15) is 36.8 Å². The summed E-state index contributed by atoms with van der Waals surface area (Å²) >= 11 is 0. The van der Waals surface area contributed by atoms with Gasteiger partial charge in [0.25, 0.3) is 0 Å². The first-order valence-electron chi connectivity index (χ1n) is 7.62. The summed E-state index contributed by atoms with van der Waals surface area (Å²) in [6, 6.07) is 6.05. The zero-order valence-corrected chi connectivity index (χ0v) is 12.9. The fraction of sp³-hybridized carbons (Fsp3) is 0.588. The molecule has 0 aromatic heterocycles. The highest BCUT2D eigenvalue weighted by molar-refractivity contribution is 5.76. The van der Waals surface area contributed by atoms with Crippen LogP contribution in [0.2, 0.25) is 0 Å². The minimum Gasteiger partial charge on any atom is -0.493 e. The summed E-state index contributed by atoms with van der Waals surface area (Å²) in [6.07, 6.45) is 3.36. The van der Waals surface area contributed by atoms with Gasteiger partial charge >= 0.3 is 0 Å².